The van der Waals surface area contributed by atoms with Crippen molar-refractivity contribution in [3.05, 3.63) is 68.8 Å². The van der Waals surface area contributed by atoms with E-state index in [0.717, 1.165) is 70.6 Å². The van der Waals surface area contributed by atoms with Crippen LogP contribution in [-0.2, 0) is 105 Å². The van der Waals surface area contributed by atoms with Gasteiger partial charge in [0, 0.05) is 65.4 Å². The van der Waals surface area contributed by atoms with Crippen molar-refractivity contribution in [2.75, 3.05) is 0 Å². The van der Waals surface area contributed by atoms with E-state index in [1.54, 1.807) is 0 Å². The summed E-state index contributed by atoms with van der Waals surface area (Å²) in [6.45, 7) is 18.6. The van der Waals surface area contributed by atoms with Gasteiger partial charge in [0.25, 0.3) is 0 Å². The van der Waals surface area contributed by atoms with Crippen molar-refractivity contribution in [2.24, 2.45) is 22.7 Å². The molecule has 238 valence electrons. The number of hydrogen-bond donors (Lipinski definition) is 0. The van der Waals surface area contributed by atoms with Crippen molar-refractivity contribution in [3.63, 3.8) is 0 Å². The predicted molar refractivity (Wildman–Crippen MR) is 177 cm³/mol. The first-order valence-electron chi connectivity index (χ1n) is 17.4. The van der Waals surface area contributed by atoms with E-state index in [9.17, 15) is 9.59 Å². The molecule has 4 aliphatic carbocycles. The summed E-state index contributed by atoms with van der Waals surface area (Å²) in [6, 6.07) is 10.3. The topological polar surface area (TPSA) is 34.1 Å². The summed E-state index contributed by atoms with van der Waals surface area (Å²) in [5, 5.41) is 0. The first-order chi connectivity index (χ1) is 20.3. The van der Waals surface area contributed by atoms with Gasteiger partial charge in [0.05, 0.1) is 0 Å². The summed E-state index contributed by atoms with van der Waals surface area (Å²) in [7, 11) is 0. The fraction of sp³-hybridized carbons (Fsp3) is 0.659. The van der Waals surface area contributed by atoms with Crippen LogP contribution in [0.15, 0.2) is 24.3 Å². The van der Waals surface area contributed by atoms with E-state index in [4.69, 9.17) is 0 Å². The van der Waals surface area contributed by atoms with Gasteiger partial charge in [-0.1, -0.05) is 117 Å². The molecule has 2 aromatic carbocycles. The number of fused-ring (bicyclic) bond motifs is 6. The van der Waals surface area contributed by atoms with Gasteiger partial charge in [-0.3, -0.25) is 12.6 Å². The first kappa shape index (κ1) is 37.8. The largest absolute Gasteiger partial charge is 0.541 e. The summed E-state index contributed by atoms with van der Waals surface area (Å²) in [5.74, 6) is 1.63. The summed E-state index contributed by atoms with van der Waals surface area (Å²) in [6.07, 6.45) is 16.8. The maximum Gasteiger partial charge on any atom is 0 e. The fourth-order valence-electron chi connectivity index (χ4n) is 11.0. The molecule has 6 rings (SSSR count). The molecule has 4 aliphatic rings. The third kappa shape index (κ3) is 6.18. The SMILES string of the molecule is CC(C)c1cc2c(cc1Cc1cc3c(cc1C(C)C)CCC1C(C)([C-]=O)CCCC31C)C1(C)CCCC(C)([C-]=O)C1CC2.[Y].[Y]. The Morgan fingerprint density at radius 2 is 1.02 bits per heavy atom. The number of benzene rings is 2. The van der Waals surface area contributed by atoms with Gasteiger partial charge >= 0.3 is 0 Å². The van der Waals surface area contributed by atoms with Crippen molar-refractivity contribution < 1.29 is 75.0 Å². The number of aryl methyl sites for hydroxylation is 2. The molecule has 0 aliphatic heterocycles. The summed E-state index contributed by atoms with van der Waals surface area (Å²) in [5.41, 5.74) is 11.3. The van der Waals surface area contributed by atoms with E-state index < -0.39 is 0 Å². The number of rotatable bonds is 6. The van der Waals surface area contributed by atoms with Crippen LogP contribution >= 0.6 is 0 Å². The predicted octanol–water partition coefficient (Wildman–Crippen LogP) is 9.76. The van der Waals surface area contributed by atoms with Crippen LogP contribution in [0, 0.1) is 22.7 Å². The van der Waals surface area contributed by atoms with Crippen molar-refractivity contribution in [1.29, 1.82) is 0 Å². The van der Waals surface area contributed by atoms with Crippen LogP contribution in [0.4, 0.5) is 0 Å². The molecule has 2 aromatic rings. The fourth-order valence-corrected chi connectivity index (χ4v) is 11.0. The standard InChI is InChI=1S/C41H54O2.2Y/c1-26(2)32-20-28-11-13-36-38(5,24-42)15-9-17-40(36,7)34(28)22-30(32)19-31-23-35-29(21-33(31)27(3)4)12-14-37-39(6,25-43)16-10-18-41(35,37)8;;/h20-23,26-27,36-37H,9-19H2,1-8H3;;/q-2;;. The molecule has 2 radical (unpaired) electrons. The van der Waals surface area contributed by atoms with Crippen LogP contribution in [0.1, 0.15) is 163 Å². The molecule has 0 saturated heterocycles. The third-order valence-corrected chi connectivity index (χ3v) is 13.3. The van der Waals surface area contributed by atoms with E-state index in [1.807, 2.05) is 0 Å². The molecule has 2 saturated carbocycles. The molecule has 0 heterocycles. The van der Waals surface area contributed by atoms with Gasteiger partial charge in [-0.05, 0) is 112 Å². The van der Waals surface area contributed by atoms with Gasteiger partial charge in [0.2, 0.25) is 0 Å². The van der Waals surface area contributed by atoms with Crippen LogP contribution in [0.2, 0.25) is 0 Å². The molecule has 6 atom stereocenters. The Morgan fingerprint density at radius 3 is 1.36 bits per heavy atom. The Balaban J connectivity index is 0.00000230. The Hall–Kier alpha value is -0.0122. The normalized spacial score (nSPS) is 33.6. The average molecular weight is 757 g/mol. The first-order valence-corrected chi connectivity index (χ1v) is 17.4. The molecule has 2 fully saturated rings. The minimum atomic E-state index is -0.343. The molecule has 4 heteroatoms. The number of hydrogen-bond acceptors (Lipinski definition) is 2. The minimum absolute atomic E-state index is 0. The van der Waals surface area contributed by atoms with Crippen LogP contribution in [0.5, 0.6) is 0 Å². The third-order valence-electron chi connectivity index (χ3n) is 13.3. The number of carbonyl (C=O) groups excluding carboxylic acids is 2. The molecule has 0 aromatic heterocycles. The van der Waals surface area contributed by atoms with Gasteiger partial charge < -0.3 is 9.59 Å². The molecule has 0 spiro atoms. The second-order valence-corrected chi connectivity index (χ2v) is 16.7. The van der Waals surface area contributed by atoms with E-state index in [-0.39, 0.29) is 87.1 Å². The Bertz CT molecular complexity index is 1340. The molecular formula is C41H54O2Y2-2. The van der Waals surface area contributed by atoms with Gasteiger partial charge in [0.1, 0.15) is 0 Å². The maximum absolute atomic E-state index is 12.3. The summed E-state index contributed by atoms with van der Waals surface area (Å²) in [4.78, 5) is 24.6. The molecular weight excluding hydrogens is 702 g/mol. The zero-order valence-corrected chi connectivity index (χ0v) is 35.0. The Labute approximate surface area is 324 Å². The van der Waals surface area contributed by atoms with Gasteiger partial charge in [-0.15, -0.1) is 10.8 Å². The van der Waals surface area contributed by atoms with Crippen molar-refractivity contribution >= 4 is 12.6 Å². The average Bonchev–Trinajstić information content (AvgIpc) is 2.96. The Kier molecular flexibility index (Phi) is 11.5. The quantitative estimate of drug-likeness (QED) is 0.275. The monoisotopic (exact) mass is 756 g/mol. The summed E-state index contributed by atoms with van der Waals surface area (Å²) < 4.78 is 0. The minimum Gasteiger partial charge on any atom is -0.541 e. The zero-order chi connectivity index (χ0) is 30.9. The van der Waals surface area contributed by atoms with Crippen LogP contribution in [0.3, 0.4) is 0 Å². The molecule has 0 bridgehead atoms. The van der Waals surface area contributed by atoms with E-state index in [2.05, 4.69) is 92.2 Å². The van der Waals surface area contributed by atoms with E-state index in [1.165, 1.54) is 44.5 Å². The molecule has 0 amide bonds. The van der Waals surface area contributed by atoms with Crippen LogP contribution < -0.4 is 0 Å². The molecule has 2 nitrogen and oxygen atoms in total. The maximum atomic E-state index is 12.3. The van der Waals surface area contributed by atoms with Crippen molar-refractivity contribution in [2.45, 2.75) is 149 Å². The Morgan fingerprint density at radius 1 is 0.644 bits per heavy atom. The van der Waals surface area contributed by atoms with Crippen molar-refractivity contribution in [3.8, 4) is 0 Å². The second kappa shape index (κ2) is 13.7. The van der Waals surface area contributed by atoms with Gasteiger partial charge in [-0.2, -0.15) is 0 Å². The second-order valence-electron chi connectivity index (χ2n) is 16.7. The van der Waals surface area contributed by atoms with Crippen molar-refractivity contribution in [1.82, 2.24) is 0 Å². The van der Waals surface area contributed by atoms with Crippen LogP contribution in [0.25, 0.3) is 0 Å². The van der Waals surface area contributed by atoms with E-state index in [0.29, 0.717) is 23.7 Å². The summed E-state index contributed by atoms with van der Waals surface area (Å²) >= 11 is 0. The zero-order valence-electron chi connectivity index (χ0n) is 29.4. The molecule has 6 unspecified atom stereocenters. The smallest absolute Gasteiger partial charge is 0 e. The van der Waals surface area contributed by atoms with Gasteiger partial charge in [0.15, 0.2) is 0 Å². The van der Waals surface area contributed by atoms with Gasteiger partial charge in [-0.25, -0.2) is 0 Å². The molecule has 0 N–H and O–H groups in total. The molecule has 45 heavy (non-hydrogen) atoms. The van der Waals surface area contributed by atoms with Crippen LogP contribution in [-0.4, -0.2) is 12.6 Å². The van der Waals surface area contributed by atoms with E-state index >= 15 is 0 Å².